The van der Waals surface area contributed by atoms with Crippen molar-refractivity contribution < 1.29 is 9.15 Å². The van der Waals surface area contributed by atoms with Crippen LogP contribution in [-0.4, -0.2) is 16.7 Å². The molecule has 0 saturated carbocycles. The first kappa shape index (κ1) is 15.0. The van der Waals surface area contributed by atoms with Crippen LogP contribution >= 0.6 is 15.9 Å². The van der Waals surface area contributed by atoms with Gasteiger partial charge in [-0.3, -0.25) is 0 Å². The van der Waals surface area contributed by atoms with Gasteiger partial charge in [0.05, 0.1) is 11.6 Å². The second kappa shape index (κ2) is 5.83. The number of ether oxygens (including phenoxy) is 1. The second-order valence-electron chi connectivity index (χ2n) is 5.57. The Bertz CT molecular complexity index is 1020. The van der Waals surface area contributed by atoms with Gasteiger partial charge in [0, 0.05) is 23.6 Å². The van der Waals surface area contributed by atoms with Crippen molar-refractivity contribution in [3.63, 3.8) is 0 Å². The summed E-state index contributed by atoms with van der Waals surface area (Å²) in [7, 11) is 1.64. The molecule has 0 spiro atoms. The molecule has 2 heterocycles. The van der Waals surface area contributed by atoms with Crippen LogP contribution in [0, 0.1) is 6.92 Å². The van der Waals surface area contributed by atoms with Gasteiger partial charge in [0.25, 0.3) is 0 Å². The number of oxazole rings is 1. The molecule has 0 amide bonds. The number of aryl methyl sites for hydroxylation is 1. The minimum atomic E-state index is 0.598. The Labute approximate surface area is 147 Å². The number of halogens is 1. The summed E-state index contributed by atoms with van der Waals surface area (Å²) in [6, 6.07) is 13.9. The topological polar surface area (TPSA) is 40.2 Å². The maximum Gasteiger partial charge on any atom is 0.227 e. The molecule has 4 rings (SSSR count). The molecule has 120 valence electrons. The van der Waals surface area contributed by atoms with Crippen LogP contribution in [0.4, 0.5) is 0 Å². The zero-order valence-corrected chi connectivity index (χ0v) is 14.9. The number of rotatable bonds is 3. The van der Waals surface area contributed by atoms with E-state index in [0.717, 1.165) is 38.1 Å². The highest BCUT2D eigenvalue weighted by atomic mass is 79.9. The first-order valence-electron chi connectivity index (χ1n) is 7.54. The number of benzene rings is 2. The molecule has 0 saturated heterocycles. The van der Waals surface area contributed by atoms with E-state index in [0.29, 0.717) is 5.89 Å². The van der Waals surface area contributed by atoms with Gasteiger partial charge in [-0.05, 0) is 70.9 Å². The van der Waals surface area contributed by atoms with E-state index in [2.05, 4.69) is 31.5 Å². The van der Waals surface area contributed by atoms with Crippen LogP contribution in [-0.2, 0) is 0 Å². The maximum absolute atomic E-state index is 6.00. The molecule has 0 radical (unpaired) electrons. The molecule has 0 aliphatic carbocycles. The van der Waals surface area contributed by atoms with Crippen molar-refractivity contribution in [2.75, 3.05) is 7.11 Å². The fourth-order valence-electron chi connectivity index (χ4n) is 2.76. The number of methoxy groups -OCH3 is 1. The highest BCUT2D eigenvalue weighted by molar-refractivity contribution is 9.10. The minimum absolute atomic E-state index is 0.598. The van der Waals surface area contributed by atoms with Crippen molar-refractivity contribution in [2.24, 2.45) is 0 Å². The highest BCUT2D eigenvalue weighted by Crippen LogP contribution is 2.33. The third kappa shape index (κ3) is 2.51. The van der Waals surface area contributed by atoms with E-state index in [-0.39, 0.29) is 0 Å². The molecule has 0 aliphatic rings. The molecule has 4 nitrogen and oxygen atoms in total. The van der Waals surface area contributed by atoms with Crippen LogP contribution in [0.1, 0.15) is 5.56 Å². The van der Waals surface area contributed by atoms with Gasteiger partial charge in [-0.15, -0.1) is 0 Å². The number of aromatic nitrogens is 2. The maximum atomic E-state index is 6.00. The van der Waals surface area contributed by atoms with Crippen LogP contribution in [0.3, 0.4) is 0 Å². The van der Waals surface area contributed by atoms with Gasteiger partial charge < -0.3 is 13.7 Å². The Balaban J connectivity index is 1.83. The number of hydrogen-bond acceptors (Lipinski definition) is 3. The molecule has 0 unspecified atom stereocenters. The molecule has 2 aromatic carbocycles. The summed E-state index contributed by atoms with van der Waals surface area (Å²) in [5, 5.41) is 0. The molecule has 0 fully saturated rings. The van der Waals surface area contributed by atoms with E-state index in [1.54, 1.807) is 7.11 Å². The lowest BCUT2D eigenvalue weighted by molar-refractivity contribution is 0.412. The zero-order chi connectivity index (χ0) is 16.7. The van der Waals surface area contributed by atoms with Gasteiger partial charge in [-0.25, -0.2) is 4.98 Å². The SMILES string of the molecule is COc1ccc(-c2nc3cc(-n4cccc4)cc(C)c3o2)cc1Br. The molecule has 0 N–H and O–H groups in total. The van der Waals surface area contributed by atoms with Crippen molar-refractivity contribution >= 4 is 27.0 Å². The number of hydrogen-bond donors (Lipinski definition) is 0. The predicted molar refractivity (Wildman–Crippen MR) is 97.8 cm³/mol. The molecule has 24 heavy (non-hydrogen) atoms. The summed E-state index contributed by atoms with van der Waals surface area (Å²) in [5.41, 5.74) is 4.69. The minimum Gasteiger partial charge on any atom is -0.496 e. The molecule has 0 aliphatic heterocycles. The summed E-state index contributed by atoms with van der Waals surface area (Å²) < 4.78 is 14.2. The third-order valence-electron chi connectivity index (χ3n) is 3.96. The fraction of sp³-hybridized carbons (Fsp3) is 0.105. The molecule has 4 aromatic rings. The van der Waals surface area contributed by atoms with Gasteiger partial charge >= 0.3 is 0 Å². The zero-order valence-electron chi connectivity index (χ0n) is 13.3. The first-order chi connectivity index (χ1) is 11.7. The van der Waals surface area contributed by atoms with Crippen LogP contribution in [0.15, 0.2) is 63.7 Å². The van der Waals surface area contributed by atoms with Crippen LogP contribution < -0.4 is 4.74 Å². The van der Waals surface area contributed by atoms with E-state index in [1.807, 2.05) is 55.7 Å². The highest BCUT2D eigenvalue weighted by Gasteiger charge is 2.13. The van der Waals surface area contributed by atoms with E-state index >= 15 is 0 Å². The van der Waals surface area contributed by atoms with Crippen molar-refractivity contribution in [1.82, 2.24) is 9.55 Å². The van der Waals surface area contributed by atoms with Crippen molar-refractivity contribution in [2.45, 2.75) is 6.92 Å². The van der Waals surface area contributed by atoms with Gasteiger partial charge in [0.15, 0.2) is 5.58 Å². The van der Waals surface area contributed by atoms with Gasteiger partial charge in [0.2, 0.25) is 5.89 Å². The van der Waals surface area contributed by atoms with E-state index in [9.17, 15) is 0 Å². The van der Waals surface area contributed by atoms with Crippen LogP contribution in [0.5, 0.6) is 5.75 Å². The van der Waals surface area contributed by atoms with Gasteiger partial charge in [-0.2, -0.15) is 0 Å². The van der Waals surface area contributed by atoms with E-state index in [1.165, 1.54) is 0 Å². The Kier molecular flexibility index (Phi) is 3.65. The lowest BCUT2D eigenvalue weighted by atomic mass is 10.2. The summed E-state index contributed by atoms with van der Waals surface area (Å²) >= 11 is 3.50. The van der Waals surface area contributed by atoms with Crippen LogP contribution in [0.25, 0.3) is 28.2 Å². The standard InChI is InChI=1S/C19H15BrN2O2/c1-12-9-14(22-7-3-4-8-22)11-16-18(12)24-19(21-16)13-5-6-17(23-2)15(20)10-13/h3-11H,1-2H3. The lowest BCUT2D eigenvalue weighted by Crippen LogP contribution is -1.90. The summed E-state index contributed by atoms with van der Waals surface area (Å²) in [6.45, 7) is 2.04. The molecular formula is C19H15BrN2O2. The second-order valence-corrected chi connectivity index (χ2v) is 6.42. The molecule has 0 atom stereocenters. The molecular weight excluding hydrogens is 368 g/mol. The number of nitrogens with zero attached hydrogens (tertiary/aromatic N) is 2. The smallest absolute Gasteiger partial charge is 0.227 e. The Morgan fingerprint density at radius 2 is 1.92 bits per heavy atom. The van der Waals surface area contributed by atoms with Crippen molar-refractivity contribution in [3.8, 4) is 22.9 Å². The van der Waals surface area contributed by atoms with Crippen LogP contribution in [0.2, 0.25) is 0 Å². The quantitative estimate of drug-likeness (QED) is 0.478. The lowest BCUT2D eigenvalue weighted by Gasteiger charge is -2.04. The summed E-state index contributed by atoms with van der Waals surface area (Å²) in [6.07, 6.45) is 4.03. The largest absolute Gasteiger partial charge is 0.496 e. The first-order valence-corrected chi connectivity index (χ1v) is 8.33. The normalized spacial score (nSPS) is 11.1. The average Bonchev–Trinajstić information content (AvgIpc) is 3.24. The van der Waals surface area contributed by atoms with Crippen molar-refractivity contribution in [1.29, 1.82) is 0 Å². The Morgan fingerprint density at radius 3 is 2.62 bits per heavy atom. The number of fused-ring (bicyclic) bond motifs is 1. The molecule has 0 bridgehead atoms. The van der Waals surface area contributed by atoms with Gasteiger partial charge in [0.1, 0.15) is 11.3 Å². The average molecular weight is 383 g/mol. The summed E-state index contributed by atoms with van der Waals surface area (Å²) in [5.74, 6) is 1.38. The van der Waals surface area contributed by atoms with E-state index < -0.39 is 0 Å². The Hall–Kier alpha value is -2.53. The van der Waals surface area contributed by atoms with E-state index in [4.69, 9.17) is 9.15 Å². The fourth-order valence-corrected chi connectivity index (χ4v) is 3.30. The molecule has 5 heteroatoms. The predicted octanol–water partition coefficient (Wildman–Crippen LogP) is 5.37. The monoisotopic (exact) mass is 382 g/mol. The third-order valence-corrected chi connectivity index (χ3v) is 4.58. The van der Waals surface area contributed by atoms with Crippen molar-refractivity contribution in [3.05, 3.63) is 64.9 Å². The Morgan fingerprint density at radius 1 is 1.12 bits per heavy atom. The van der Waals surface area contributed by atoms with Gasteiger partial charge in [-0.1, -0.05) is 0 Å². The molecule has 2 aromatic heterocycles. The summed E-state index contributed by atoms with van der Waals surface area (Å²) in [4.78, 5) is 4.67.